The topological polar surface area (TPSA) is 46.5 Å². The van der Waals surface area contributed by atoms with Crippen LogP contribution in [0.15, 0.2) is 42.5 Å². The minimum Gasteiger partial charge on any atom is -0.480 e. The van der Waals surface area contributed by atoms with Gasteiger partial charge in [0.15, 0.2) is 11.6 Å². The molecule has 120 valence electrons. The van der Waals surface area contributed by atoms with Crippen molar-refractivity contribution in [3.8, 4) is 11.5 Å². The lowest BCUT2D eigenvalue weighted by atomic mass is 9.96. The van der Waals surface area contributed by atoms with Gasteiger partial charge in [0.2, 0.25) is 0 Å². The van der Waals surface area contributed by atoms with E-state index in [2.05, 4.69) is 0 Å². The molecule has 0 saturated heterocycles. The number of alkyl halides is 2. The van der Waals surface area contributed by atoms with E-state index in [0.717, 1.165) is 6.07 Å². The summed E-state index contributed by atoms with van der Waals surface area (Å²) in [5.74, 6) is -2.51. The van der Waals surface area contributed by atoms with Gasteiger partial charge in [-0.25, -0.2) is 8.78 Å². The van der Waals surface area contributed by atoms with E-state index in [1.807, 2.05) is 0 Å². The number of rotatable bonds is 4. The van der Waals surface area contributed by atoms with Crippen molar-refractivity contribution in [2.24, 2.45) is 0 Å². The zero-order valence-electron chi connectivity index (χ0n) is 11.5. The van der Waals surface area contributed by atoms with Crippen LogP contribution in [0.3, 0.4) is 0 Å². The molecule has 1 N–H and O–H groups in total. The Morgan fingerprint density at radius 1 is 1.13 bits per heavy atom. The molecule has 1 fully saturated rings. The standard InChI is InChI=1S/C16H10Cl2F2O3/c17-16(18)8-15(16,14(21)22)9-1-4-11(5-2-9)23-13-6-3-10(19)7-12(13)20/h1-7H,8H2,(H,21,22). The Labute approximate surface area is 140 Å². The Kier molecular flexibility index (Phi) is 3.73. The van der Waals surface area contributed by atoms with Gasteiger partial charge in [0.1, 0.15) is 21.3 Å². The summed E-state index contributed by atoms with van der Waals surface area (Å²) in [4.78, 5) is 11.5. The number of hydrogen-bond acceptors (Lipinski definition) is 2. The van der Waals surface area contributed by atoms with E-state index in [0.29, 0.717) is 11.6 Å². The molecule has 0 bridgehead atoms. The summed E-state index contributed by atoms with van der Waals surface area (Å²) in [6.07, 6.45) is 0.102. The molecule has 0 heterocycles. The molecular formula is C16H10Cl2F2O3. The van der Waals surface area contributed by atoms with Gasteiger partial charge in [0.05, 0.1) is 0 Å². The fourth-order valence-electron chi connectivity index (χ4n) is 2.45. The van der Waals surface area contributed by atoms with Crippen molar-refractivity contribution in [1.29, 1.82) is 0 Å². The van der Waals surface area contributed by atoms with Crippen molar-refractivity contribution < 1.29 is 23.4 Å². The van der Waals surface area contributed by atoms with E-state index in [1.54, 1.807) is 0 Å². The SMILES string of the molecule is O=C(O)C1(c2ccc(Oc3ccc(F)cc3F)cc2)CC1(Cl)Cl. The van der Waals surface area contributed by atoms with E-state index in [-0.39, 0.29) is 17.9 Å². The monoisotopic (exact) mass is 358 g/mol. The number of ether oxygens (including phenoxy) is 1. The minimum atomic E-state index is -1.36. The highest BCUT2D eigenvalue weighted by molar-refractivity contribution is 6.54. The Morgan fingerprint density at radius 3 is 2.22 bits per heavy atom. The maximum atomic E-state index is 13.5. The first-order chi connectivity index (χ1) is 10.8. The van der Waals surface area contributed by atoms with E-state index in [4.69, 9.17) is 27.9 Å². The van der Waals surface area contributed by atoms with Crippen LogP contribution in [0.1, 0.15) is 12.0 Å². The third-order valence-electron chi connectivity index (χ3n) is 3.82. The number of carboxylic acids is 1. The van der Waals surface area contributed by atoms with E-state index in [1.165, 1.54) is 30.3 Å². The normalized spacial score (nSPS) is 21.7. The van der Waals surface area contributed by atoms with Crippen LogP contribution in [0, 0.1) is 11.6 Å². The van der Waals surface area contributed by atoms with E-state index < -0.39 is 27.4 Å². The Balaban J connectivity index is 1.84. The molecule has 3 rings (SSSR count). The summed E-state index contributed by atoms with van der Waals surface area (Å²) in [5.41, 5.74) is -0.919. The van der Waals surface area contributed by atoms with Crippen molar-refractivity contribution in [2.45, 2.75) is 16.2 Å². The molecule has 0 spiro atoms. The first kappa shape index (κ1) is 16.0. The first-order valence-corrected chi connectivity index (χ1v) is 7.36. The van der Waals surface area contributed by atoms with E-state index >= 15 is 0 Å². The molecule has 1 unspecified atom stereocenters. The van der Waals surface area contributed by atoms with Gasteiger partial charge in [-0.3, -0.25) is 4.79 Å². The van der Waals surface area contributed by atoms with Crippen molar-refractivity contribution in [2.75, 3.05) is 0 Å². The van der Waals surface area contributed by atoms with Crippen LogP contribution in [0.2, 0.25) is 0 Å². The van der Waals surface area contributed by atoms with E-state index in [9.17, 15) is 18.7 Å². The van der Waals surface area contributed by atoms with Crippen LogP contribution in [0.5, 0.6) is 11.5 Å². The summed E-state index contributed by atoms with van der Waals surface area (Å²) in [6.45, 7) is 0. The van der Waals surface area contributed by atoms with Crippen molar-refractivity contribution in [3.63, 3.8) is 0 Å². The zero-order valence-corrected chi connectivity index (χ0v) is 13.0. The number of carbonyl (C=O) groups is 1. The zero-order chi connectivity index (χ0) is 16.8. The Hall–Kier alpha value is -1.85. The number of hydrogen-bond donors (Lipinski definition) is 1. The predicted molar refractivity (Wildman–Crippen MR) is 81.2 cm³/mol. The van der Waals surface area contributed by atoms with Gasteiger partial charge < -0.3 is 9.84 Å². The van der Waals surface area contributed by atoms with Gasteiger partial charge >= 0.3 is 5.97 Å². The predicted octanol–water partition coefficient (Wildman–Crippen LogP) is 4.66. The Morgan fingerprint density at radius 2 is 1.74 bits per heavy atom. The summed E-state index contributed by atoms with van der Waals surface area (Å²) in [5, 5.41) is 9.37. The molecule has 7 heteroatoms. The molecule has 2 aromatic rings. The van der Waals surface area contributed by atoms with Crippen LogP contribution in [-0.4, -0.2) is 15.4 Å². The number of halogens is 4. The Bertz CT molecular complexity index is 777. The fourth-order valence-corrected chi connectivity index (χ4v) is 3.23. The molecule has 0 amide bonds. The van der Waals surface area contributed by atoms with Crippen molar-refractivity contribution in [3.05, 3.63) is 59.7 Å². The molecule has 0 aromatic heterocycles. The second kappa shape index (κ2) is 5.35. The van der Waals surface area contributed by atoms with Gasteiger partial charge in [0.25, 0.3) is 0 Å². The smallest absolute Gasteiger partial charge is 0.317 e. The lowest BCUT2D eigenvalue weighted by Crippen LogP contribution is -2.26. The largest absolute Gasteiger partial charge is 0.480 e. The third kappa shape index (κ3) is 2.64. The minimum absolute atomic E-state index is 0.102. The molecule has 23 heavy (non-hydrogen) atoms. The number of carboxylic acid groups (broad SMARTS) is 1. The van der Waals surface area contributed by atoms with Crippen LogP contribution < -0.4 is 4.74 Å². The lowest BCUT2D eigenvalue weighted by Gasteiger charge is -2.14. The summed E-state index contributed by atoms with van der Waals surface area (Å²) >= 11 is 11.9. The highest BCUT2D eigenvalue weighted by Gasteiger charge is 2.72. The lowest BCUT2D eigenvalue weighted by molar-refractivity contribution is -0.140. The molecule has 0 radical (unpaired) electrons. The second-order valence-electron chi connectivity index (χ2n) is 5.29. The molecule has 1 aliphatic rings. The average molecular weight is 359 g/mol. The quantitative estimate of drug-likeness (QED) is 0.808. The van der Waals surface area contributed by atoms with Gasteiger partial charge in [-0.2, -0.15) is 0 Å². The third-order valence-corrected chi connectivity index (χ3v) is 4.73. The van der Waals surface area contributed by atoms with Crippen LogP contribution in [-0.2, 0) is 10.2 Å². The maximum absolute atomic E-state index is 13.5. The molecule has 1 aliphatic carbocycles. The summed E-state index contributed by atoms with van der Waals surface area (Å²) < 4.78 is 30.3. The molecule has 1 atom stereocenters. The van der Waals surface area contributed by atoms with Gasteiger partial charge in [-0.1, -0.05) is 35.3 Å². The first-order valence-electron chi connectivity index (χ1n) is 6.61. The molecule has 2 aromatic carbocycles. The van der Waals surface area contributed by atoms with Gasteiger partial charge in [-0.15, -0.1) is 0 Å². The second-order valence-corrected chi connectivity index (χ2v) is 6.78. The van der Waals surface area contributed by atoms with Crippen LogP contribution in [0.25, 0.3) is 0 Å². The van der Waals surface area contributed by atoms with Crippen LogP contribution in [0.4, 0.5) is 8.78 Å². The van der Waals surface area contributed by atoms with Gasteiger partial charge in [-0.05, 0) is 29.8 Å². The molecular weight excluding hydrogens is 349 g/mol. The molecule has 3 nitrogen and oxygen atoms in total. The highest BCUT2D eigenvalue weighted by atomic mass is 35.5. The summed E-state index contributed by atoms with van der Waals surface area (Å²) in [6, 6.07) is 8.93. The highest BCUT2D eigenvalue weighted by Crippen LogP contribution is 2.65. The summed E-state index contributed by atoms with van der Waals surface area (Å²) in [7, 11) is 0. The van der Waals surface area contributed by atoms with Gasteiger partial charge in [0, 0.05) is 12.5 Å². The van der Waals surface area contributed by atoms with Crippen molar-refractivity contribution >= 4 is 29.2 Å². The number of aliphatic carboxylic acids is 1. The molecule has 0 aliphatic heterocycles. The maximum Gasteiger partial charge on any atom is 0.317 e. The van der Waals surface area contributed by atoms with Crippen LogP contribution >= 0.6 is 23.2 Å². The van der Waals surface area contributed by atoms with Crippen molar-refractivity contribution in [1.82, 2.24) is 0 Å². The average Bonchev–Trinajstić information content (AvgIpc) is 3.07. The molecule has 1 saturated carbocycles. The number of benzene rings is 2. The fraction of sp³-hybridized carbons (Fsp3) is 0.188.